The van der Waals surface area contributed by atoms with Crippen molar-refractivity contribution in [1.82, 2.24) is 9.80 Å². The van der Waals surface area contributed by atoms with E-state index in [2.05, 4.69) is 13.2 Å². The van der Waals surface area contributed by atoms with E-state index in [9.17, 15) is 19.5 Å². The number of nitrogens with zero attached hydrogens (tertiary/aromatic N) is 3. The van der Waals surface area contributed by atoms with Gasteiger partial charge in [-0.05, 0) is 61.9 Å². The predicted molar refractivity (Wildman–Crippen MR) is 182 cm³/mol. The Morgan fingerprint density at radius 1 is 1.09 bits per heavy atom. The fourth-order valence-electron chi connectivity index (χ4n) is 8.18. The number of hydrogen-bond acceptors (Lipinski definition) is 6. The van der Waals surface area contributed by atoms with Gasteiger partial charge in [0.2, 0.25) is 17.7 Å². The second-order valence-electron chi connectivity index (χ2n) is 13.6. The van der Waals surface area contributed by atoms with Crippen LogP contribution in [0, 0.1) is 23.7 Å². The number of carbonyl (C=O) groups is 3. The van der Waals surface area contributed by atoms with Gasteiger partial charge in [-0.2, -0.15) is 0 Å². The summed E-state index contributed by atoms with van der Waals surface area (Å²) in [5, 5.41) is 10.7. The molecule has 0 aromatic heterocycles. The molecule has 3 saturated heterocycles. The largest absolute Gasteiger partial charge is 0.494 e. The minimum Gasteiger partial charge on any atom is -0.494 e. The molecular formula is C38H49N3O6. The monoisotopic (exact) mass is 643 g/mol. The summed E-state index contributed by atoms with van der Waals surface area (Å²) in [6.07, 6.45) is 3.78. The predicted octanol–water partition coefficient (Wildman–Crippen LogP) is 4.85. The second-order valence-corrected chi connectivity index (χ2v) is 13.6. The lowest BCUT2D eigenvalue weighted by molar-refractivity contribution is -0.156. The molecule has 3 aliphatic rings. The van der Waals surface area contributed by atoms with Crippen molar-refractivity contribution in [1.29, 1.82) is 0 Å². The Bertz CT molecular complexity index is 1480. The molecule has 7 atom stereocenters. The molecule has 9 heteroatoms. The molecule has 252 valence electrons. The summed E-state index contributed by atoms with van der Waals surface area (Å²) in [5.74, 6) is -2.22. The van der Waals surface area contributed by atoms with Gasteiger partial charge < -0.3 is 29.3 Å². The van der Waals surface area contributed by atoms with Crippen LogP contribution < -0.4 is 9.64 Å². The topological polar surface area (TPSA) is 99.6 Å². The van der Waals surface area contributed by atoms with Gasteiger partial charge in [-0.15, -0.1) is 13.2 Å². The van der Waals surface area contributed by atoms with E-state index in [4.69, 9.17) is 9.47 Å². The number of ether oxygens (including phenoxy) is 2. The normalized spacial score (nSPS) is 28.2. The Hall–Kier alpha value is -3.95. The first-order chi connectivity index (χ1) is 22.5. The minimum absolute atomic E-state index is 0.129. The van der Waals surface area contributed by atoms with Crippen molar-refractivity contribution < 1.29 is 29.0 Å². The van der Waals surface area contributed by atoms with Gasteiger partial charge >= 0.3 is 0 Å². The first kappa shape index (κ1) is 34.4. The van der Waals surface area contributed by atoms with E-state index in [1.165, 1.54) is 0 Å². The molecule has 3 unspecified atom stereocenters. The number of fused-ring (bicyclic) bond motifs is 1. The average molecular weight is 644 g/mol. The van der Waals surface area contributed by atoms with Crippen LogP contribution in [0.2, 0.25) is 0 Å². The molecule has 0 aliphatic carbocycles. The second kappa shape index (κ2) is 13.6. The van der Waals surface area contributed by atoms with Crippen LogP contribution >= 0.6 is 0 Å². The molecule has 0 radical (unpaired) electrons. The average Bonchev–Trinajstić information content (AvgIpc) is 3.57. The molecule has 1 N–H and O–H groups in total. The van der Waals surface area contributed by atoms with E-state index in [-0.39, 0.29) is 49.3 Å². The van der Waals surface area contributed by atoms with Crippen molar-refractivity contribution in [3.8, 4) is 5.75 Å². The third-order valence-electron chi connectivity index (χ3n) is 10.5. The lowest BCUT2D eigenvalue weighted by atomic mass is 9.62. The standard InChI is InChI=1S/C38H49N3O6/c1-8-20-39(23-27-14-12-11-13-15-27)36(45)33-38-22-26(6)37(7,47-38)31(32(38)35(44)41(33)30(24-42)25(4)5)34(43)40(21-9-2)28-16-18-29(19-17-28)46-10-3/h8-9,11-19,25-26,30-33,42H,1-2,10,20-24H2,3-7H3/t26?,30-,31+,32-,33?,37-,38?/m0/s1. The molecule has 5 rings (SSSR count). The number of benzene rings is 2. The maximum Gasteiger partial charge on any atom is 0.249 e. The maximum atomic E-state index is 14.9. The van der Waals surface area contributed by atoms with Gasteiger partial charge in [0.1, 0.15) is 17.4 Å². The summed E-state index contributed by atoms with van der Waals surface area (Å²) >= 11 is 0. The van der Waals surface area contributed by atoms with E-state index >= 15 is 0 Å². The molecule has 3 amide bonds. The number of aliphatic hydroxyl groups excluding tert-OH is 1. The lowest BCUT2D eigenvalue weighted by Gasteiger charge is -2.40. The molecule has 3 aliphatic heterocycles. The van der Waals surface area contributed by atoms with Crippen molar-refractivity contribution in [2.24, 2.45) is 23.7 Å². The molecule has 2 bridgehead atoms. The van der Waals surface area contributed by atoms with Crippen LogP contribution in [0.15, 0.2) is 79.9 Å². The third kappa shape index (κ3) is 5.78. The van der Waals surface area contributed by atoms with E-state index in [1.54, 1.807) is 26.9 Å². The van der Waals surface area contributed by atoms with Crippen molar-refractivity contribution in [2.75, 3.05) is 31.2 Å². The Labute approximate surface area is 278 Å². The summed E-state index contributed by atoms with van der Waals surface area (Å²) in [4.78, 5) is 49.5. The van der Waals surface area contributed by atoms with Crippen LogP contribution in [-0.2, 0) is 25.7 Å². The van der Waals surface area contributed by atoms with Crippen molar-refractivity contribution >= 4 is 23.4 Å². The van der Waals surface area contributed by atoms with E-state index in [1.807, 2.05) is 89.2 Å². The number of aliphatic hydroxyl groups is 1. The zero-order chi connectivity index (χ0) is 34.1. The van der Waals surface area contributed by atoms with Crippen molar-refractivity contribution in [3.05, 3.63) is 85.5 Å². The lowest BCUT2D eigenvalue weighted by Crippen LogP contribution is -2.59. The van der Waals surface area contributed by atoms with Gasteiger partial charge in [0, 0.05) is 25.3 Å². The zero-order valence-corrected chi connectivity index (χ0v) is 28.3. The SMILES string of the molecule is C=CCN(Cc1ccccc1)C(=O)C1N([C@@H](CO)C(C)C)C(=O)[C@@H]2[C@H](C(=O)N(CC=C)c3ccc(OCC)cc3)[C@@]3(C)OC12CC3C. The highest BCUT2D eigenvalue weighted by atomic mass is 16.5. The summed E-state index contributed by atoms with van der Waals surface area (Å²) < 4.78 is 12.6. The summed E-state index contributed by atoms with van der Waals surface area (Å²) in [5.41, 5.74) is -0.658. The molecule has 2 aromatic rings. The Kier molecular flexibility index (Phi) is 9.99. The summed E-state index contributed by atoms with van der Waals surface area (Å²) in [7, 11) is 0. The van der Waals surface area contributed by atoms with Crippen LogP contribution in [0.25, 0.3) is 0 Å². The van der Waals surface area contributed by atoms with Crippen LogP contribution in [0.3, 0.4) is 0 Å². The smallest absolute Gasteiger partial charge is 0.249 e. The number of rotatable bonds is 14. The summed E-state index contributed by atoms with van der Waals surface area (Å²) in [6.45, 7) is 18.5. The van der Waals surface area contributed by atoms with Gasteiger partial charge in [-0.1, -0.05) is 63.3 Å². The Balaban J connectivity index is 1.61. The Morgan fingerprint density at radius 2 is 1.74 bits per heavy atom. The highest BCUT2D eigenvalue weighted by Gasteiger charge is 2.80. The van der Waals surface area contributed by atoms with Gasteiger partial charge in [-0.3, -0.25) is 14.4 Å². The van der Waals surface area contributed by atoms with Crippen LogP contribution in [0.4, 0.5) is 5.69 Å². The molecular weight excluding hydrogens is 594 g/mol. The number of hydrogen-bond donors (Lipinski definition) is 1. The molecule has 3 heterocycles. The number of carbonyl (C=O) groups excluding carboxylic acids is 3. The molecule has 2 aromatic carbocycles. The maximum absolute atomic E-state index is 14.9. The minimum atomic E-state index is -1.25. The van der Waals surface area contributed by atoms with Gasteiger partial charge in [0.15, 0.2) is 0 Å². The van der Waals surface area contributed by atoms with E-state index < -0.39 is 35.1 Å². The highest BCUT2D eigenvalue weighted by molar-refractivity contribution is 6.03. The first-order valence-electron chi connectivity index (χ1n) is 16.7. The van der Waals surface area contributed by atoms with Crippen molar-refractivity contribution in [2.45, 2.75) is 70.9 Å². The number of likely N-dealkylation sites (tertiary alicyclic amines) is 1. The van der Waals surface area contributed by atoms with Gasteiger partial charge in [-0.25, -0.2) is 0 Å². The number of amides is 3. The first-order valence-corrected chi connectivity index (χ1v) is 16.7. The van der Waals surface area contributed by atoms with Crippen molar-refractivity contribution in [3.63, 3.8) is 0 Å². The van der Waals surface area contributed by atoms with E-state index in [0.29, 0.717) is 31.0 Å². The van der Waals surface area contributed by atoms with Crippen LogP contribution in [-0.4, -0.2) is 82.2 Å². The molecule has 1 spiro atoms. The molecule has 47 heavy (non-hydrogen) atoms. The quantitative estimate of drug-likeness (QED) is 0.296. The van der Waals surface area contributed by atoms with Gasteiger partial charge in [0.05, 0.1) is 36.7 Å². The van der Waals surface area contributed by atoms with Crippen LogP contribution in [0.5, 0.6) is 5.75 Å². The molecule has 3 fully saturated rings. The highest BCUT2D eigenvalue weighted by Crippen LogP contribution is 2.66. The van der Waals surface area contributed by atoms with E-state index in [0.717, 1.165) is 5.56 Å². The fraction of sp³-hybridized carbons (Fsp3) is 0.500. The fourth-order valence-corrected chi connectivity index (χ4v) is 8.18. The third-order valence-corrected chi connectivity index (χ3v) is 10.5. The van der Waals surface area contributed by atoms with Crippen LogP contribution in [0.1, 0.15) is 46.6 Å². The molecule has 0 saturated carbocycles. The van der Waals surface area contributed by atoms with Gasteiger partial charge in [0.25, 0.3) is 0 Å². The molecule has 9 nitrogen and oxygen atoms in total. The number of anilines is 1. The zero-order valence-electron chi connectivity index (χ0n) is 28.3. The Morgan fingerprint density at radius 3 is 2.32 bits per heavy atom. The summed E-state index contributed by atoms with van der Waals surface area (Å²) in [6, 6.07) is 15.3.